The first kappa shape index (κ1) is 12.5. The highest BCUT2D eigenvalue weighted by atomic mass is 79.9. The van der Waals surface area contributed by atoms with E-state index >= 15 is 0 Å². The lowest BCUT2D eigenvalue weighted by Crippen LogP contribution is -2.00. The molecule has 0 aliphatic carbocycles. The molecule has 4 nitrogen and oxygen atoms in total. The van der Waals surface area contributed by atoms with Crippen molar-refractivity contribution in [1.29, 1.82) is 5.26 Å². The number of ether oxygens (including phenoxy) is 1. The fraction of sp³-hybridized carbons (Fsp3) is 0.154. The van der Waals surface area contributed by atoms with Crippen molar-refractivity contribution in [3.63, 3.8) is 0 Å². The Morgan fingerprint density at radius 2 is 1.83 bits per heavy atom. The minimum absolute atomic E-state index is 0.239. The van der Waals surface area contributed by atoms with Crippen LogP contribution in [0.25, 0.3) is 0 Å². The van der Waals surface area contributed by atoms with E-state index in [1.165, 1.54) is 0 Å². The lowest BCUT2D eigenvalue weighted by molar-refractivity contribution is 0.451. The predicted molar refractivity (Wildman–Crippen MR) is 70.4 cm³/mol. The van der Waals surface area contributed by atoms with Crippen LogP contribution in [-0.4, -0.2) is 10.2 Å². The second-order valence-electron chi connectivity index (χ2n) is 3.76. The Kier molecular flexibility index (Phi) is 3.58. The van der Waals surface area contributed by atoms with Crippen molar-refractivity contribution >= 4 is 15.9 Å². The van der Waals surface area contributed by atoms with Gasteiger partial charge in [-0.25, -0.2) is 0 Å². The van der Waals surface area contributed by atoms with Crippen LogP contribution < -0.4 is 4.74 Å². The lowest BCUT2D eigenvalue weighted by Gasteiger charge is -2.08. The minimum atomic E-state index is 0.239. The van der Waals surface area contributed by atoms with Gasteiger partial charge in [-0.2, -0.15) is 10.4 Å². The van der Waals surface area contributed by atoms with E-state index < -0.39 is 0 Å². The van der Waals surface area contributed by atoms with Gasteiger partial charge in [-0.15, -0.1) is 5.10 Å². The first-order valence-electron chi connectivity index (χ1n) is 5.29. The normalized spacial score (nSPS) is 9.89. The van der Waals surface area contributed by atoms with E-state index in [9.17, 15) is 0 Å². The maximum Gasteiger partial charge on any atom is 0.257 e. The molecule has 2 aromatic rings. The lowest BCUT2D eigenvalue weighted by atomic mass is 10.1. The van der Waals surface area contributed by atoms with Gasteiger partial charge in [0, 0.05) is 4.47 Å². The minimum Gasteiger partial charge on any atom is -0.437 e. The van der Waals surface area contributed by atoms with Crippen molar-refractivity contribution in [2.24, 2.45) is 0 Å². The summed E-state index contributed by atoms with van der Waals surface area (Å²) in [5.74, 6) is 0.857. The van der Waals surface area contributed by atoms with Gasteiger partial charge in [0.05, 0.1) is 5.69 Å². The number of rotatable bonds is 2. The molecule has 0 amide bonds. The molecule has 0 radical (unpaired) electrons. The van der Waals surface area contributed by atoms with Crippen LogP contribution in [0.5, 0.6) is 11.6 Å². The highest BCUT2D eigenvalue weighted by Gasteiger charge is 2.12. The van der Waals surface area contributed by atoms with Crippen LogP contribution >= 0.6 is 15.9 Å². The highest BCUT2D eigenvalue weighted by Crippen LogP contribution is 2.26. The Bertz CT molecular complexity index is 617. The fourth-order valence-corrected chi connectivity index (χ4v) is 1.67. The van der Waals surface area contributed by atoms with Gasteiger partial charge in [0.15, 0.2) is 0 Å². The summed E-state index contributed by atoms with van der Waals surface area (Å²) in [5.41, 5.74) is 1.94. The Morgan fingerprint density at radius 3 is 2.44 bits per heavy atom. The first-order chi connectivity index (χ1) is 8.61. The number of hydrogen-bond donors (Lipinski definition) is 0. The molecular formula is C13H10BrN3O. The first-order valence-corrected chi connectivity index (χ1v) is 6.08. The largest absolute Gasteiger partial charge is 0.437 e. The summed E-state index contributed by atoms with van der Waals surface area (Å²) < 4.78 is 6.53. The zero-order valence-corrected chi connectivity index (χ0v) is 11.5. The number of aryl methyl sites for hydroxylation is 1. The molecular weight excluding hydrogens is 294 g/mol. The van der Waals surface area contributed by atoms with Crippen LogP contribution in [0.15, 0.2) is 28.7 Å². The predicted octanol–water partition coefficient (Wildman–Crippen LogP) is 3.52. The van der Waals surface area contributed by atoms with Crippen molar-refractivity contribution in [3.8, 4) is 17.7 Å². The van der Waals surface area contributed by atoms with E-state index in [1.807, 2.05) is 26.0 Å². The van der Waals surface area contributed by atoms with E-state index in [0.29, 0.717) is 11.3 Å². The van der Waals surface area contributed by atoms with Crippen LogP contribution in [0, 0.1) is 25.2 Å². The maximum absolute atomic E-state index is 9.14. The van der Waals surface area contributed by atoms with Gasteiger partial charge in [-0.1, -0.05) is 15.9 Å². The highest BCUT2D eigenvalue weighted by molar-refractivity contribution is 9.10. The Morgan fingerprint density at radius 1 is 1.17 bits per heavy atom. The number of halogens is 1. The van der Waals surface area contributed by atoms with Crippen molar-refractivity contribution in [3.05, 3.63) is 45.6 Å². The van der Waals surface area contributed by atoms with Gasteiger partial charge in [0.1, 0.15) is 17.4 Å². The molecule has 0 aliphatic rings. The topological polar surface area (TPSA) is 58.8 Å². The van der Waals surface area contributed by atoms with Gasteiger partial charge in [0.25, 0.3) is 5.88 Å². The van der Waals surface area contributed by atoms with E-state index in [1.54, 1.807) is 12.1 Å². The fourth-order valence-electron chi connectivity index (χ4n) is 1.40. The quantitative estimate of drug-likeness (QED) is 0.851. The maximum atomic E-state index is 9.14. The average molecular weight is 304 g/mol. The summed E-state index contributed by atoms with van der Waals surface area (Å²) in [6.07, 6.45) is 0. The molecule has 0 aliphatic heterocycles. The van der Waals surface area contributed by atoms with Crippen LogP contribution in [-0.2, 0) is 0 Å². The van der Waals surface area contributed by atoms with E-state index in [-0.39, 0.29) is 5.88 Å². The molecule has 1 aromatic heterocycles. The van der Waals surface area contributed by atoms with Gasteiger partial charge < -0.3 is 4.74 Å². The van der Waals surface area contributed by atoms with Gasteiger partial charge in [-0.3, -0.25) is 0 Å². The number of benzene rings is 1. The molecule has 18 heavy (non-hydrogen) atoms. The van der Waals surface area contributed by atoms with Crippen molar-refractivity contribution < 1.29 is 4.74 Å². The Hall–Kier alpha value is -1.93. The van der Waals surface area contributed by atoms with Crippen molar-refractivity contribution in [2.45, 2.75) is 13.8 Å². The molecule has 0 spiro atoms. The molecule has 0 saturated heterocycles. The summed E-state index contributed by atoms with van der Waals surface area (Å²) in [4.78, 5) is 0. The molecule has 0 bridgehead atoms. The summed E-state index contributed by atoms with van der Waals surface area (Å²) in [7, 11) is 0. The monoisotopic (exact) mass is 303 g/mol. The number of nitriles is 1. The van der Waals surface area contributed by atoms with Crippen LogP contribution in [0.1, 0.15) is 16.8 Å². The molecule has 0 saturated carbocycles. The summed E-state index contributed by atoms with van der Waals surface area (Å²) in [6.45, 7) is 3.64. The Labute approximate surface area is 113 Å². The molecule has 0 fully saturated rings. The molecule has 2 rings (SSSR count). The molecule has 90 valence electrons. The molecule has 1 heterocycles. The average Bonchev–Trinajstić information content (AvgIpc) is 2.37. The molecule has 0 atom stereocenters. The van der Waals surface area contributed by atoms with E-state index in [4.69, 9.17) is 10.00 Å². The summed E-state index contributed by atoms with van der Waals surface area (Å²) in [6, 6.07) is 9.40. The van der Waals surface area contributed by atoms with Crippen molar-refractivity contribution in [1.82, 2.24) is 10.2 Å². The third kappa shape index (κ3) is 2.49. The summed E-state index contributed by atoms with van der Waals surface area (Å²) >= 11 is 3.34. The third-order valence-electron chi connectivity index (χ3n) is 2.56. The molecule has 1 aromatic carbocycles. The van der Waals surface area contributed by atoms with E-state index in [0.717, 1.165) is 15.7 Å². The standard InChI is InChI=1S/C13H10BrN3O/c1-8-9(2)16-17-13(12(8)7-15)18-11-5-3-10(14)4-6-11/h3-6H,1-2H3. The zero-order chi connectivity index (χ0) is 13.1. The Balaban J connectivity index is 2.38. The number of nitrogens with zero attached hydrogens (tertiary/aromatic N) is 3. The van der Waals surface area contributed by atoms with Crippen molar-refractivity contribution in [2.75, 3.05) is 0 Å². The van der Waals surface area contributed by atoms with Gasteiger partial charge in [0.2, 0.25) is 0 Å². The molecule has 0 N–H and O–H groups in total. The van der Waals surface area contributed by atoms with E-state index in [2.05, 4.69) is 32.2 Å². The van der Waals surface area contributed by atoms with Gasteiger partial charge >= 0.3 is 0 Å². The van der Waals surface area contributed by atoms with Crippen LogP contribution in [0.2, 0.25) is 0 Å². The second-order valence-corrected chi connectivity index (χ2v) is 4.67. The van der Waals surface area contributed by atoms with Gasteiger partial charge in [-0.05, 0) is 43.7 Å². The second kappa shape index (κ2) is 5.15. The molecule has 0 unspecified atom stereocenters. The summed E-state index contributed by atoms with van der Waals surface area (Å²) in [5, 5.41) is 17.0. The molecule has 5 heteroatoms. The van der Waals surface area contributed by atoms with Crippen LogP contribution in [0.3, 0.4) is 0 Å². The zero-order valence-electron chi connectivity index (χ0n) is 9.94. The number of aromatic nitrogens is 2. The smallest absolute Gasteiger partial charge is 0.257 e. The number of hydrogen-bond acceptors (Lipinski definition) is 4. The third-order valence-corrected chi connectivity index (χ3v) is 3.09. The SMILES string of the molecule is Cc1nnc(Oc2ccc(Br)cc2)c(C#N)c1C. The van der Waals surface area contributed by atoms with Crippen LogP contribution in [0.4, 0.5) is 0 Å².